The first kappa shape index (κ1) is 37.0. The van der Waals surface area contributed by atoms with E-state index < -0.39 is 12.7 Å². The maximum Gasteiger partial charge on any atom is 0.486 e. The van der Waals surface area contributed by atoms with Crippen molar-refractivity contribution in [2.24, 2.45) is 11.5 Å². The van der Waals surface area contributed by atoms with Crippen LogP contribution in [0.25, 0.3) is 17.0 Å². The van der Waals surface area contributed by atoms with Gasteiger partial charge in [-0.05, 0) is 102 Å². The lowest BCUT2D eigenvalue weighted by Crippen LogP contribution is -2.38. The molecule has 0 radical (unpaired) electrons. The molecule has 9 nitrogen and oxygen atoms in total. The summed E-state index contributed by atoms with van der Waals surface area (Å²) < 4.78 is 12.7. The number of hydrogen-bond donors (Lipinski definition) is 3. The number of nitrogens with two attached hydrogens (primary N) is 2. The van der Waals surface area contributed by atoms with Crippen LogP contribution >= 0.6 is 0 Å². The van der Waals surface area contributed by atoms with Gasteiger partial charge >= 0.3 is 7.12 Å². The Morgan fingerprint density at radius 1 is 0.782 bits per heavy atom. The second-order valence-corrected chi connectivity index (χ2v) is 15.5. The molecule has 0 unspecified atom stereocenters. The van der Waals surface area contributed by atoms with Gasteiger partial charge in [0.05, 0.1) is 12.2 Å². The molecule has 10 heteroatoms. The van der Waals surface area contributed by atoms with Crippen molar-refractivity contribution >= 4 is 35.9 Å². The molecule has 3 aliphatic rings. The predicted molar refractivity (Wildman–Crippen MR) is 218 cm³/mol. The first-order valence-corrected chi connectivity index (χ1v) is 19.7. The van der Waals surface area contributed by atoms with Gasteiger partial charge in [0.25, 0.3) is 11.8 Å². The van der Waals surface area contributed by atoms with Crippen molar-refractivity contribution in [2.75, 3.05) is 32.8 Å². The Hall–Kier alpha value is -5.00. The van der Waals surface area contributed by atoms with E-state index in [9.17, 15) is 9.59 Å². The minimum atomic E-state index is -0.719. The van der Waals surface area contributed by atoms with E-state index in [0.29, 0.717) is 55.9 Å². The Balaban J connectivity index is 0.887. The zero-order valence-corrected chi connectivity index (χ0v) is 31.6. The molecule has 3 fully saturated rings. The summed E-state index contributed by atoms with van der Waals surface area (Å²) >= 11 is 0. The summed E-state index contributed by atoms with van der Waals surface area (Å²) in [5.74, 6) is 2.84. The van der Waals surface area contributed by atoms with E-state index in [2.05, 4.69) is 59.6 Å². The van der Waals surface area contributed by atoms with Crippen LogP contribution < -0.4 is 11.5 Å². The molecule has 4 heterocycles. The monoisotopic (exact) mass is 735 g/mol. The molecule has 3 aliphatic heterocycles. The van der Waals surface area contributed by atoms with E-state index in [1.165, 1.54) is 11.1 Å². The van der Waals surface area contributed by atoms with Gasteiger partial charge in [-0.15, -0.1) is 0 Å². The number of aromatic amines is 1. The van der Waals surface area contributed by atoms with Crippen molar-refractivity contribution < 1.29 is 18.9 Å². The number of amides is 2. The van der Waals surface area contributed by atoms with Crippen LogP contribution in [0.2, 0.25) is 0 Å². The van der Waals surface area contributed by atoms with Gasteiger partial charge in [0, 0.05) is 55.7 Å². The van der Waals surface area contributed by atoms with Crippen molar-refractivity contribution in [3.8, 4) is 0 Å². The molecule has 5 N–H and O–H groups in total. The number of likely N-dealkylation sites (tertiary alicyclic amines) is 2. The zero-order chi connectivity index (χ0) is 37.9. The Morgan fingerprint density at radius 3 is 2.02 bits per heavy atom. The van der Waals surface area contributed by atoms with Crippen LogP contribution in [0.1, 0.15) is 98.7 Å². The molecule has 0 spiro atoms. The van der Waals surface area contributed by atoms with E-state index in [1.54, 1.807) is 0 Å². The van der Waals surface area contributed by atoms with Gasteiger partial charge in [-0.3, -0.25) is 9.59 Å². The number of aromatic nitrogens is 1. The summed E-state index contributed by atoms with van der Waals surface area (Å²) in [4.78, 5) is 34.6. The highest BCUT2D eigenvalue weighted by atomic mass is 16.7. The van der Waals surface area contributed by atoms with E-state index in [4.69, 9.17) is 20.8 Å². The van der Waals surface area contributed by atoms with Crippen molar-refractivity contribution in [3.63, 3.8) is 0 Å². The van der Waals surface area contributed by atoms with Crippen LogP contribution in [0, 0.1) is 0 Å². The number of carbonyl (C=O) groups is 2. The third kappa shape index (κ3) is 7.91. The number of carbonyl (C=O) groups excluding carboxylic acids is 2. The SMILES string of the molecule is C[C@]1(c2cccc3[nH]c(C(=O)N4CCC(c5cccc(CN)c5)CC4)cc23)COB(/C=C/c2cccc(C(=O)N3CCC(c4cccc(CN)c4)CC3)c2)O1. The Morgan fingerprint density at radius 2 is 1.38 bits per heavy atom. The normalized spacial score (nSPS) is 19.9. The molecule has 2 amide bonds. The standard InChI is InChI=1S/C45H50BN5O4/c1-45(40-12-5-13-41-39(40)27-42(49-41)44(53)51-22-17-35(18-23-51)37-10-4-8-33(26-37)29-48)30-54-46(55-45)19-14-31-6-2-11-38(24-31)43(52)50-20-15-34(16-21-50)36-9-3-7-32(25-36)28-47/h2-14,19,24-27,34-35,49H,15-18,20-23,28-30,47-48H2,1H3/b19-14+/t45-/m1/s1. The van der Waals surface area contributed by atoms with Crippen molar-refractivity contribution in [1.29, 1.82) is 0 Å². The molecule has 55 heavy (non-hydrogen) atoms. The number of fused-ring (bicyclic) bond motifs is 1. The summed E-state index contributed by atoms with van der Waals surface area (Å²) in [7, 11) is -0.566. The van der Waals surface area contributed by atoms with Gasteiger partial charge in [-0.2, -0.15) is 0 Å². The molecule has 0 aliphatic carbocycles. The summed E-state index contributed by atoms with van der Waals surface area (Å²) in [5.41, 5.74) is 20.0. The molecule has 5 aromatic rings. The molecule has 4 aromatic carbocycles. The average Bonchev–Trinajstić information content (AvgIpc) is 3.87. The lowest BCUT2D eigenvalue weighted by Gasteiger charge is -2.32. The van der Waals surface area contributed by atoms with Gasteiger partial charge < -0.3 is 35.6 Å². The number of nitrogens with zero attached hydrogens (tertiary/aromatic N) is 2. The lowest BCUT2D eigenvalue weighted by atomic mass is 9.87. The van der Waals surface area contributed by atoms with Gasteiger partial charge in [-0.1, -0.05) is 84.8 Å². The zero-order valence-electron chi connectivity index (χ0n) is 31.6. The fraction of sp³-hybridized carbons (Fsp3) is 0.333. The van der Waals surface area contributed by atoms with Gasteiger partial charge in [-0.25, -0.2) is 0 Å². The highest BCUT2D eigenvalue weighted by molar-refractivity contribution is 6.52. The number of H-pyrrole nitrogens is 1. The van der Waals surface area contributed by atoms with E-state index in [0.717, 1.165) is 71.9 Å². The fourth-order valence-electron chi connectivity index (χ4n) is 8.63. The summed E-state index contributed by atoms with van der Waals surface area (Å²) in [6.07, 6.45) is 5.68. The fourth-order valence-corrected chi connectivity index (χ4v) is 8.63. The quantitative estimate of drug-likeness (QED) is 0.138. The molecule has 0 bridgehead atoms. The maximum atomic E-state index is 13.7. The largest absolute Gasteiger partial charge is 0.486 e. The summed E-state index contributed by atoms with van der Waals surface area (Å²) in [5, 5.41) is 0.953. The third-order valence-corrected chi connectivity index (χ3v) is 11.8. The number of rotatable bonds is 9. The molecule has 1 aromatic heterocycles. The highest BCUT2D eigenvalue weighted by Crippen LogP contribution is 2.38. The van der Waals surface area contributed by atoms with Crippen molar-refractivity contribution in [2.45, 2.75) is 63.1 Å². The highest BCUT2D eigenvalue weighted by Gasteiger charge is 2.41. The summed E-state index contributed by atoms with van der Waals surface area (Å²) in [6.45, 7) is 6.34. The maximum absolute atomic E-state index is 13.7. The van der Waals surface area contributed by atoms with Crippen LogP contribution in [-0.4, -0.2) is 66.5 Å². The number of piperidine rings is 2. The van der Waals surface area contributed by atoms with Crippen LogP contribution in [0.15, 0.2) is 103 Å². The Labute approximate surface area is 323 Å². The molecular formula is C45H50BN5O4. The number of hydrogen-bond acceptors (Lipinski definition) is 6. The van der Waals surface area contributed by atoms with Crippen LogP contribution in [0.3, 0.4) is 0 Å². The Kier molecular flexibility index (Phi) is 10.8. The molecule has 282 valence electrons. The first-order valence-electron chi connectivity index (χ1n) is 19.7. The minimum absolute atomic E-state index is 0.0182. The second kappa shape index (κ2) is 16.0. The lowest BCUT2D eigenvalue weighted by molar-refractivity contribution is 0.0702. The second-order valence-electron chi connectivity index (χ2n) is 15.5. The van der Waals surface area contributed by atoms with Crippen LogP contribution in [-0.2, 0) is 28.0 Å². The van der Waals surface area contributed by atoms with Crippen LogP contribution in [0.5, 0.6) is 0 Å². The molecule has 0 saturated carbocycles. The minimum Gasteiger partial charge on any atom is -0.404 e. The van der Waals surface area contributed by atoms with E-state index in [1.807, 2.05) is 71.2 Å². The van der Waals surface area contributed by atoms with Gasteiger partial charge in [0.2, 0.25) is 0 Å². The average molecular weight is 736 g/mol. The van der Waals surface area contributed by atoms with Crippen molar-refractivity contribution in [1.82, 2.24) is 14.8 Å². The number of nitrogens with one attached hydrogen (secondary N) is 1. The first-order chi connectivity index (χ1) is 26.8. The number of benzene rings is 4. The smallest absolute Gasteiger partial charge is 0.404 e. The molecule has 3 saturated heterocycles. The molecule has 1 atom stereocenters. The summed E-state index contributed by atoms with van der Waals surface area (Å²) in [6, 6.07) is 32.8. The predicted octanol–water partition coefficient (Wildman–Crippen LogP) is 7.13. The topological polar surface area (TPSA) is 127 Å². The van der Waals surface area contributed by atoms with Crippen molar-refractivity contribution in [3.05, 3.63) is 148 Å². The van der Waals surface area contributed by atoms with Gasteiger partial charge in [0.15, 0.2) is 0 Å². The van der Waals surface area contributed by atoms with Crippen LogP contribution in [0.4, 0.5) is 0 Å². The molecule has 8 rings (SSSR count). The molecular weight excluding hydrogens is 685 g/mol. The van der Waals surface area contributed by atoms with E-state index >= 15 is 0 Å². The van der Waals surface area contributed by atoms with E-state index in [-0.39, 0.29) is 11.8 Å². The van der Waals surface area contributed by atoms with Gasteiger partial charge in [0.1, 0.15) is 5.69 Å². The third-order valence-electron chi connectivity index (χ3n) is 11.8. The Bertz CT molecular complexity index is 2200.